The third-order valence-corrected chi connectivity index (χ3v) is 3.50. The van der Waals surface area contributed by atoms with Gasteiger partial charge >= 0.3 is 0 Å². The van der Waals surface area contributed by atoms with Gasteiger partial charge in [-0.25, -0.2) is 0 Å². The molecular formula is C15H18ClNO2. The van der Waals surface area contributed by atoms with Crippen LogP contribution in [-0.4, -0.2) is 14.2 Å². The predicted molar refractivity (Wildman–Crippen MR) is 76.8 cm³/mol. The molecule has 1 aromatic carbocycles. The number of ether oxygens (including phenoxy) is 1. The summed E-state index contributed by atoms with van der Waals surface area (Å²) in [6, 6.07) is 10.0. The van der Waals surface area contributed by atoms with E-state index in [-0.39, 0.29) is 6.04 Å². The third kappa shape index (κ3) is 3.52. The normalized spacial score (nSPS) is 12.4. The van der Waals surface area contributed by atoms with Crippen LogP contribution in [0.1, 0.15) is 23.8 Å². The van der Waals surface area contributed by atoms with Crippen molar-refractivity contribution in [1.29, 1.82) is 0 Å². The van der Waals surface area contributed by atoms with Gasteiger partial charge in [0.15, 0.2) is 0 Å². The molecule has 19 heavy (non-hydrogen) atoms. The molecule has 2 aromatic rings. The zero-order chi connectivity index (χ0) is 13.7. The van der Waals surface area contributed by atoms with Crippen molar-refractivity contribution >= 4 is 11.6 Å². The first-order valence-electron chi connectivity index (χ1n) is 6.27. The minimum absolute atomic E-state index is 0.247. The van der Waals surface area contributed by atoms with E-state index in [4.69, 9.17) is 20.8 Å². The van der Waals surface area contributed by atoms with Crippen molar-refractivity contribution in [2.75, 3.05) is 14.2 Å². The first-order valence-corrected chi connectivity index (χ1v) is 6.65. The number of hydrogen-bond donors (Lipinski definition) is 1. The van der Waals surface area contributed by atoms with Crippen LogP contribution in [0.2, 0.25) is 5.02 Å². The molecule has 0 saturated carbocycles. The number of halogens is 1. The molecule has 0 aliphatic heterocycles. The van der Waals surface area contributed by atoms with Gasteiger partial charge in [-0.2, -0.15) is 0 Å². The molecule has 0 aliphatic rings. The van der Waals surface area contributed by atoms with E-state index in [1.165, 1.54) is 0 Å². The van der Waals surface area contributed by atoms with Gasteiger partial charge in [-0.3, -0.25) is 0 Å². The first-order chi connectivity index (χ1) is 9.24. The Kier molecular flexibility index (Phi) is 4.88. The maximum Gasteiger partial charge on any atom is 0.137 e. The van der Waals surface area contributed by atoms with Crippen molar-refractivity contribution in [3.8, 4) is 5.75 Å². The van der Waals surface area contributed by atoms with E-state index in [9.17, 15) is 0 Å². The van der Waals surface area contributed by atoms with Crippen LogP contribution < -0.4 is 10.1 Å². The summed E-state index contributed by atoms with van der Waals surface area (Å²) >= 11 is 6.04. The Morgan fingerprint density at radius 1 is 1.37 bits per heavy atom. The van der Waals surface area contributed by atoms with Crippen molar-refractivity contribution in [3.05, 3.63) is 52.9 Å². The molecule has 2 rings (SSSR count). The Bertz CT molecular complexity index is 511. The van der Waals surface area contributed by atoms with E-state index in [0.29, 0.717) is 10.8 Å². The van der Waals surface area contributed by atoms with E-state index < -0.39 is 0 Å². The number of furan rings is 1. The number of nitrogens with one attached hydrogen (secondary N) is 1. The van der Waals surface area contributed by atoms with Gasteiger partial charge in [-0.05, 0) is 43.3 Å². The van der Waals surface area contributed by atoms with Crippen molar-refractivity contribution in [3.63, 3.8) is 0 Å². The Morgan fingerprint density at radius 3 is 2.84 bits per heavy atom. The SMILES string of the molecule is CNC(CCc1ccco1)c1ccc(Cl)c(OC)c1. The maximum absolute atomic E-state index is 6.04. The van der Waals surface area contributed by atoms with E-state index in [1.54, 1.807) is 13.4 Å². The van der Waals surface area contributed by atoms with Crippen LogP contribution in [0, 0.1) is 0 Å². The molecular weight excluding hydrogens is 262 g/mol. The fourth-order valence-corrected chi connectivity index (χ4v) is 2.31. The summed E-state index contributed by atoms with van der Waals surface area (Å²) in [6.45, 7) is 0. The lowest BCUT2D eigenvalue weighted by Gasteiger charge is -2.17. The molecule has 1 aromatic heterocycles. The van der Waals surface area contributed by atoms with Gasteiger partial charge in [0.05, 0.1) is 18.4 Å². The summed E-state index contributed by atoms with van der Waals surface area (Å²) in [7, 11) is 3.58. The molecule has 0 bridgehead atoms. The fraction of sp³-hybridized carbons (Fsp3) is 0.333. The average molecular weight is 280 g/mol. The maximum atomic E-state index is 6.04. The predicted octanol–water partition coefficient (Wildman–Crippen LogP) is 3.83. The molecule has 1 unspecified atom stereocenters. The van der Waals surface area contributed by atoms with Crippen LogP contribution in [0.25, 0.3) is 0 Å². The number of benzene rings is 1. The van der Waals surface area contributed by atoms with Crippen molar-refractivity contribution in [2.24, 2.45) is 0 Å². The molecule has 0 amide bonds. The van der Waals surface area contributed by atoms with Crippen molar-refractivity contribution < 1.29 is 9.15 Å². The monoisotopic (exact) mass is 279 g/mol. The quantitative estimate of drug-likeness (QED) is 0.872. The Hall–Kier alpha value is -1.45. The van der Waals surface area contributed by atoms with Gasteiger partial charge in [0.2, 0.25) is 0 Å². The molecule has 3 nitrogen and oxygen atoms in total. The lowest BCUT2D eigenvalue weighted by atomic mass is 10.0. The minimum Gasteiger partial charge on any atom is -0.495 e. The summed E-state index contributed by atoms with van der Waals surface area (Å²) < 4.78 is 10.6. The van der Waals surface area contributed by atoms with Crippen molar-refractivity contribution in [2.45, 2.75) is 18.9 Å². The van der Waals surface area contributed by atoms with Crippen LogP contribution in [-0.2, 0) is 6.42 Å². The molecule has 102 valence electrons. The molecule has 0 radical (unpaired) electrons. The van der Waals surface area contributed by atoms with Crippen LogP contribution in [0.5, 0.6) is 5.75 Å². The second-order valence-corrected chi connectivity index (χ2v) is 4.76. The average Bonchev–Trinajstić information content (AvgIpc) is 2.94. The van der Waals surface area contributed by atoms with E-state index in [1.807, 2.05) is 37.4 Å². The molecule has 0 aliphatic carbocycles. The van der Waals surface area contributed by atoms with Gasteiger partial charge < -0.3 is 14.5 Å². The smallest absolute Gasteiger partial charge is 0.137 e. The van der Waals surface area contributed by atoms with Crippen LogP contribution in [0.3, 0.4) is 0 Å². The molecule has 4 heteroatoms. The Balaban J connectivity index is 2.08. The third-order valence-electron chi connectivity index (χ3n) is 3.19. The highest BCUT2D eigenvalue weighted by Crippen LogP contribution is 2.29. The number of methoxy groups -OCH3 is 1. The topological polar surface area (TPSA) is 34.4 Å². The summed E-state index contributed by atoms with van der Waals surface area (Å²) in [4.78, 5) is 0. The summed E-state index contributed by atoms with van der Waals surface area (Å²) in [5.41, 5.74) is 1.16. The van der Waals surface area contributed by atoms with E-state index in [2.05, 4.69) is 5.32 Å². The van der Waals surface area contributed by atoms with Crippen LogP contribution in [0.4, 0.5) is 0 Å². The highest BCUT2D eigenvalue weighted by atomic mass is 35.5. The molecule has 1 heterocycles. The first kappa shape index (κ1) is 14.0. The highest BCUT2D eigenvalue weighted by molar-refractivity contribution is 6.32. The highest BCUT2D eigenvalue weighted by Gasteiger charge is 2.12. The molecule has 1 N–H and O–H groups in total. The van der Waals surface area contributed by atoms with E-state index in [0.717, 1.165) is 24.2 Å². The largest absolute Gasteiger partial charge is 0.495 e. The number of rotatable bonds is 6. The van der Waals surface area contributed by atoms with Gasteiger partial charge in [0.1, 0.15) is 11.5 Å². The Labute approximate surface area is 118 Å². The van der Waals surface area contributed by atoms with Gasteiger partial charge in [-0.15, -0.1) is 0 Å². The number of hydrogen-bond acceptors (Lipinski definition) is 3. The van der Waals surface area contributed by atoms with Gasteiger partial charge in [0.25, 0.3) is 0 Å². The van der Waals surface area contributed by atoms with E-state index >= 15 is 0 Å². The second kappa shape index (κ2) is 6.64. The zero-order valence-electron chi connectivity index (χ0n) is 11.2. The summed E-state index contributed by atoms with van der Waals surface area (Å²) in [5, 5.41) is 3.94. The fourth-order valence-electron chi connectivity index (χ4n) is 2.11. The van der Waals surface area contributed by atoms with Gasteiger partial charge in [-0.1, -0.05) is 17.7 Å². The van der Waals surface area contributed by atoms with Crippen LogP contribution >= 0.6 is 11.6 Å². The van der Waals surface area contributed by atoms with Gasteiger partial charge in [0, 0.05) is 12.5 Å². The molecule has 0 saturated heterocycles. The lowest BCUT2D eigenvalue weighted by molar-refractivity contribution is 0.412. The summed E-state index contributed by atoms with van der Waals surface area (Å²) in [6.07, 6.45) is 3.55. The van der Waals surface area contributed by atoms with Crippen molar-refractivity contribution in [1.82, 2.24) is 5.32 Å². The lowest BCUT2D eigenvalue weighted by Crippen LogP contribution is -2.17. The standard InChI is InChI=1S/C15H18ClNO2/c1-17-14(8-6-12-4-3-9-19-12)11-5-7-13(16)15(10-11)18-2/h3-5,7,9-10,14,17H,6,8H2,1-2H3. The minimum atomic E-state index is 0.247. The zero-order valence-corrected chi connectivity index (χ0v) is 11.9. The summed E-state index contributed by atoms with van der Waals surface area (Å²) in [5.74, 6) is 1.71. The second-order valence-electron chi connectivity index (χ2n) is 4.35. The molecule has 0 fully saturated rings. The van der Waals surface area contributed by atoms with Crippen LogP contribution in [0.15, 0.2) is 41.0 Å². The number of aryl methyl sites for hydroxylation is 1. The Morgan fingerprint density at radius 2 is 2.21 bits per heavy atom. The molecule has 1 atom stereocenters. The molecule has 0 spiro atoms.